The average molecular weight is 479 g/mol. The number of fused-ring (bicyclic) bond motifs is 1. The molecule has 1 saturated heterocycles. The summed E-state index contributed by atoms with van der Waals surface area (Å²) < 4.78 is 0. The van der Waals surface area contributed by atoms with E-state index < -0.39 is 0 Å². The Morgan fingerprint density at radius 1 is 1.18 bits per heavy atom. The van der Waals surface area contributed by atoms with Gasteiger partial charge in [-0.3, -0.25) is 9.89 Å². The lowest BCUT2D eigenvalue weighted by Gasteiger charge is -2.24. The molecule has 1 saturated carbocycles. The number of thiazole rings is 1. The molecule has 6 rings (SSSR count). The Hall–Kier alpha value is -3.01. The van der Waals surface area contributed by atoms with Crippen molar-refractivity contribution in [1.29, 1.82) is 0 Å². The summed E-state index contributed by atoms with van der Waals surface area (Å²) in [4.78, 5) is 29.1. The van der Waals surface area contributed by atoms with E-state index in [0.29, 0.717) is 22.9 Å². The molecule has 2 fully saturated rings. The van der Waals surface area contributed by atoms with Gasteiger partial charge in [0.2, 0.25) is 11.9 Å². The second kappa shape index (κ2) is 8.98. The molecule has 34 heavy (non-hydrogen) atoms. The van der Waals surface area contributed by atoms with Crippen molar-refractivity contribution < 1.29 is 4.79 Å². The molecule has 0 aromatic carbocycles. The van der Waals surface area contributed by atoms with Gasteiger partial charge in [-0.1, -0.05) is 19.8 Å². The Morgan fingerprint density at radius 2 is 2.06 bits per heavy atom. The number of aromatic amines is 1. The summed E-state index contributed by atoms with van der Waals surface area (Å²) in [5, 5.41) is 16.7. The normalized spacial score (nSPS) is 22.3. The minimum absolute atomic E-state index is 0.0482. The van der Waals surface area contributed by atoms with Crippen LogP contribution >= 0.6 is 11.3 Å². The standard InChI is InChI=1S/C24H30N8OS/c1-14-11-16-18(12-14)26-23(32-9-4-7-19(32)22(33)29-24-25-8-10-34-24)28-21(16)27-20-13-17(30-31-20)15-5-2-3-6-15/h8,10,13-15,19H,2-7,9,11-12H2,1H3,(H,25,29,33)(H2,26,27,28,30,31)/t14-,19+/m1/s1. The van der Waals surface area contributed by atoms with Gasteiger partial charge in [0.25, 0.3) is 0 Å². The molecule has 1 aliphatic heterocycles. The highest BCUT2D eigenvalue weighted by molar-refractivity contribution is 7.13. The van der Waals surface area contributed by atoms with Crippen LogP contribution in [0, 0.1) is 5.92 Å². The molecule has 9 nitrogen and oxygen atoms in total. The van der Waals surface area contributed by atoms with Crippen LogP contribution in [0.15, 0.2) is 17.6 Å². The number of H-pyrrole nitrogens is 1. The SMILES string of the molecule is C[C@H]1Cc2nc(N3CCC[C@H]3C(=O)Nc3nccs3)nc(Nc3cc(C4CCCC4)[nH]n3)c2C1. The molecule has 0 unspecified atom stereocenters. The van der Waals surface area contributed by atoms with Crippen LogP contribution in [0.1, 0.15) is 68.3 Å². The number of nitrogens with zero attached hydrogens (tertiary/aromatic N) is 5. The molecular weight excluding hydrogens is 448 g/mol. The summed E-state index contributed by atoms with van der Waals surface area (Å²) in [5.74, 6) is 3.30. The van der Waals surface area contributed by atoms with Crippen LogP contribution < -0.4 is 15.5 Å². The fourth-order valence-corrected chi connectivity index (χ4v) is 6.14. The smallest absolute Gasteiger partial charge is 0.248 e. The van der Waals surface area contributed by atoms with Crippen LogP contribution in [0.4, 0.5) is 22.7 Å². The van der Waals surface area contributed by atoms with Gasteiger partial charge in [-0.15, -0.1) is 11.3 Å². The van der Waals surface area contributed by atoms with E-state index in [1.807, 2.05) is 10.3 Å². The first-order valence-electron chi connectivity index (χ1n) is 12.3. The Balaban J connectivity index is 1.27. The van der Waals surface area contributed by atoms with Crippen molar-refractivity contribution in [1.82, 2.24) is 25.1 Å². The van der Waals surface area contributed by atoms with Crippen molar-refractivity contribution >= 4 is 40.0 Å². The summed E-state index contributed by atoms with van der Waals surface area (Å²) in [7, 11) is 0. The van der Waals surface area contributed by atoms with Crippen LogP contribution in [0.3, 0.4) is 0 Å². The molecule has 178 valence electrons. The highest BCUT2D eigenvalue weighted by Crippen LogP contribution is 2.36. The van der Waals surface area contributed by atoms with Gasteiger partial charge in [0.05, 0.1) is 5.69 Å². The zero-order chi connectivity index (χ0) is 23.1. The van der Waals surface area contributed by atoms with E-state index in [1.165, 1.54) is 48.3 Å². The van der Waals surface area contributed by atoms with Crippen LogP contribution in [0.5, 0.6) is 0 Å². The maximum Gasteiger partial charge on any atom is 0.248 e. The lowest BCUT2D eigenvalue weighted by atomic mass is 10.0. The maximum absolute atomic E-state index is 13.0. The molecule has 2 aliphatic carbocycles. The van der Waals surface area contributed by atoms with E-state index in [4.69, 9.17) is 9.97 Å². The van der Waals surface area contributed by atoms with Gasteiger partial charge in [0.1, 0.15) is 11.9 Å². The summed E-state index contributed by atoms with van der Waals surface area (Å²) in [6, 6.07) is 1.83. The topological polar surface area (TPSA) is 112 Å². The van der Waals surface area contributed by atoms with E-state index in [0.717, 1.165) is 49.6 Å². The monoisotopic (exact) mass is 478 g/mol. The molecule has 4 heterocycles. The number of nitrogens with one attached hydrogen (secondary N) is 3. The number of carbonyl (C=O) groups is 1. The van der Waals surface area contributed by atoms with Crippen molar-refractivity contribution in [2.45, 2.75) is 70.3 Å². The summed E-state index contributed by atoms with van der Waals surface area (Å²) >= 11 is 1.43. The van der Waals surface area contributed by atoms with Crippen molar-refractivity contribution in [2.75, 3.05) is 22.1 Å². The zero-order valence-electron chi connectivity index (χ0n) is 19.4. The summed E-state index contributed by atoms with van der Waals surface area (Å²) in [6.07, 6.45) is 10.3. The number of hydrogen-bond donors (Lipinski definition) is 3. The minimum atomic E-state index is -0.298. The van der Waals surface area contributed by atoms with E-state index in [1.54, 1.807) is 6.20 Å². The molecule has 10 heteroatoms. The van der Waals surface area contributed by atoms with Crippen LogP contribution in [0.25, 0.3) is 0 Å². The first kappa shape index (κ1) is 21.5. The average Bonchev–Trinajstić information content (AvgIpc) is 3.64. The molecule has 3 aromatic rings. The lowest BCUT2D eigenvalue weighted by Crippen LogP contribution is -2.40. The number of hydrogen-bond acceptors (Lipinski definition) is 8. The zero-order valence-corrected chi connectivity index (χ0v) is 20.2. The Labute approximate surface area is 202 Å². The van der Waals surface area contributed by atoms with Gasteiger partial charge < -0.3 is 15.5 Å². The van der Waals surface area contributed by atoms with E-state index in [9.17, 15) is 4.79 Å². The highest BCUT2D eigenvalue weighted by Gasteiger charge is 2.35. The molecule has 3 N–H and O–H groups in total. The fourth-order valence-electron chi connectivity index (χ4n) is 5.60. The second-order valence-electron chi connectivity index (χ2n) is 9.80. The van der Waals surface area contributed by atoms with Crippen molar-refractivity contribution in [3.8, 4) is 0 Å². The Kier molecular flexibility index (Phi) is 5.68. The van der Waals surface area contributed by atoms with Gasteiger partial charge in [-0.25, -0.2) is 9.97 Å². The Morgan fingerprint density at radius 3 is 2.88 bits per heavy atom. The Bertz CT molecular complexity index is 1170. The molecule has 3 aliphatic rings. The number of rotatable bonds is 6. The van der Waals surface area contributed by atoms with E-state index >= 15 is 0 Å². The van der Waals surface area contributed by atoms with Gasteiger partial charge in [-0.2, -0.15) is 10.1 Å². The molecule has 1 amide bonds. The third-order valence-corrected chi connectivity index (χ3v) is 7.98. The lowest BCUT2D eigenvalue weighted by molar-refractivity contribution is -0.117. The fraction of sp³-hybridized carbons (Fsp3) is 0.542. The van der Waals surface area contributed by atoms with Gasteiger partial charge >= 0.3 is 0 Å². The number of amides is 1. The maximum atomic E-state index is 13.0. The third kappa shape index (κ3) is 4.15. The third-order valence-electron chi connectivity index (χ3n) is 7.29. The van der Waals surface area contributed by atoms with Gasteiger partial charge in [-0.05, 0) is 44.4 Å². The van der Waals surface area contributed by atoms with Crippen molar-refractivity contribution in [2.24, 2.45) is 5.92 Å². The molecule has 0 spiro atoms. The van der Waals surface area contributed by atoms with Crippen LogP contribution in [-0.4, -0.2) is 43.6 Å². The quantitative estimate of drug-likeness (QED) is 0.481. The highest BCUT2D eigenvalue weighted by atomic mass is 32.1. The largest absolute Gasteiger partial charge is 0.329 e. The molecular formula is C24H30N8OS. The molecule has 3 aromatic heterocycles. The number of anilines is 4. The van der Waals surface area contributed by atoms with Crippen LogP contribution in [0.2, 0.25) is 0 Å². The first-order valence-corrected chi connectivity index (χ1v) is 13.2. The van der Waals surface area contributed by atoms with Crippen molar-refractivity contribution in [3.05, 3.63) is 34.6 Å². The first-order chi connectivity index (χ1) is 16.6. The predicted octanol–water partition coefficient (Wildman–Crippen LogP) is 4.40. The predicted molar refractivity (Wildman–Crippen MR) is 133 cm³/mol. The van der Waals surface area contributed by atoms with E-state index in [-0.39, 0.29) is 11.9 Å². The number of carbonyl (C=O) groups excluding carboxylic acids is 1. The number of aromatic nitrogens is 5. The van der Waals surface area contributed by atoms with Crippen molar-refractivity contribution in [3.63, 3.8) is 0 Å². The van der Waals surface area contributed by atoms with Crippen LogP contribution in [-0.2, 0) is 17.6 Å². The van der Waals surface area contributed by atoms with Gasteiger partial charge in [0.15, 0.2) is 10.9 Å². The molecule has 0 radical (unpaired) electrons. The molecule has 2 atom stereocenters. The minimum Gasteiger partial charge on any atom is -0.329 e. The molecule has 0 bridgehead atoms. The second-order valence-corrected chi connectivity index (χ2v) is 10.7. The van der Waals surface area contributed by atoms with E-state index in [2.05, 4.69) is 38.8 Å². The summed E-state index contributed by atoms with van der Waals surface area (Å²) in [6.45, 7) is 3.01. The summed E-state index contributed by atoms with van der Waals surface area (Å²) in [5.41, 5.74) is 3.46. The van der Waals surface area contributed by atoms with Gasteiger partial charge in [0, 0.05) is 41.4 Å².